The highest BCUT2D eigenvalue weighted by molar-refractivity contribution is 7.91. The standard InChI is InChI=1S/C23H27Cl2NO3S/c1-16(2)13-26(15-30(27,28)22-12-19(24)6-7-20(22)25)14-17-5-8-21-18(11-17)9-10-23(3,4)29-21/h5-12,16H,13-15H2,1-4H3. The molecule has 0 fully saturated rings. The molecule has 0 N–H and O–H groups in total. The maximum absolute atomic E-state index is 13.1. The van der Waals surface area contributed by atoms with E-state index in [9.17, 15) is 8.42 Å². The van der Waals surface area contributed by atoms with Gasteiger partial charge in [-0.2, -0.15) is 0 Å². The molecule has 0 spiro atoms. The van der Waals surface area contributed by atoms with Gasteiger partial charge in [0.2, 0.25) is 0 Å². The van der Waals surface area contributed by atoms with E-state index in [1.165, 1.54) is 12.1 Å². The van der Waals surface area contributed by atoms with Gasteiger partial charge in [-0.05, 0) is 61.7 Å². The summed E-state index contributed by atoms with van der Waals surface area (Å²) in [5.41, 5.74) is 1.69. The number of rotatable bonds is 7. The highest BCUT2D eigenvalue weighted by Crippen LogP contribution is 2.32. The lowest BCUT2D eigenvalue weighted by molar-refractivity contribution is 0.159. The first-order valence-corrected chi connectivity index (χ1v) is 12.3. The van der Waals surface area contributed by atoms with Gasteiger partial charge in [-0.15, -0.1) is 0 Å². The Bertz CT molecular complexity index is 1060. The number of fused-ring (bicyclic) bond motifs is 1. The molecular weight excluding hydrogens is 441 g/mol. The SMILES string of the molecule is CC(C)CN(Cc1ccc2c(c1)C=CC(C)(C)O2)CS(=O)(=O)c1cc(Cl)ccc1Cl. The van der Waals surface area contributed by atoms with Crippen LogP contribution in [0.25, 0.3) is 6.08 Å². The normalized spacial score (nSPS) is 15.3. The Morgan fingerprint density at radius 1 is 1.10 bits per heavy atom. The molecule has 0 atom stereocenters. The Labute approximate surface area is 189 Å². The molecule has 0 amide bonds. The van der Waals surface area contributed by atoms with Gasteiger partial charge >= 0.3 is 0 Å². The van der Waals surface area contributed by atoms with Crippen molar-refractivity contribution in [3.8, 4) is 5.75 Å². The number of nitrogens with zero attached hydrogens (tertiary/aromatic N) is 1. The molecule has 1 heterocycles. The molecule has 0 radical (unpaired) electrons. The quantitative estimate of drug-likeness (QED) is 0.495. The van der Waals surface area contributed by atoms with E-state index in [1.807, 2.05) is 43.0 Å². The van der Waals surface area contributed by atoms with E-state index < -0.39 is 9.84 Å². The fourth-order valence-corrected chi connectivity index (χ4v) is 5.69. The summed E-state index contributed by atoms with van der Waals surface area (Å²) < 4.78 is 32.1. The molecule has 1 aliphatic heterocycles. The first kappa shape index (κ1) is 23.1. The van der Waals surface area contributed by atoms with Gasteiger partial charge in [-0.25, -0.2) is 8.42 Å². The summed E-state index contributed by atoms with van der Waals surface area (Å²) in [6.45, 7) is 9.29. The molecule has 0 saturated heterocycles. The zero-order chi connectivity index (χ0) is 22.1. The van der Waals surface area contributed by atoms with Crippen LogP contribution in [-0.2, 0) is 16.4 Å². The lowest BCUT2D eigenvalue weighted by Crippen LogP contribution is -2.33. The summed E-state index contributed by atoms with van der Waals surface area (Å²) in [5, 5.41) is 0.528. The Morgan fingerprint density at radius 2 is 1.83 bits per heavy atom. The van der Waals surface area contributed by atoms with E-state index in [4.69, 9.17) is 27.9 Å². The van der Waals surface area contributed by atoms with Gasteiger partial charge in [0.15, 0.2) is 9.84 Å². The van der Waals surface area contributed by atoms with Crippen LogP contribution in [0.3, 0.4) is 0 Å². The number of hydrogen-bond donors (Lipinski definition) is 0. The smallest absolute Gasteiger partial charge is 0.193 e. The molecule has 2 aromatic rings. The average Bonchev–Trinajstić information content (AvgIpc) is 2.62. The van der Waals surface area contributed by atoms with Crippen molar-refractivity contribution < 1.29 is 13.2 Å². The third-order valence-electron chi connectivity index (χ3n) is 4.72. The average molecular weight is 468 g/mol. The van der Waals surface area contributed by atoms with Crippen molar-refractivity contribution >= 4 is 39.1 Å². The van der Waals surface area contributed by atoms with Crippen LogP contribution in [-0.4, -0.2) is 31.3 Å². The van der Waals surface area contributed by atoms with Crippen molar-refractivity contribution in [2.24, 2.45) is 5.92 Å². The molecule has 4 nitrogen and oxygen atoms in total. The largest absolute Gasteiger partial charge is 0.483 e. The van der Waals surface area contributed by atoms with E-state index in [0.717, 1.165) is 16.9 Å². The lowest BCUT2D eigenvalue weighted by atomic mass is 10.0. The van der Waals surface area contributed by atoms with E-state index in [0.29, 0.717) is 24.0 Å². The molecule has 0 unspecified atom stereocenters. The molecule has 162 valence electrons. The molecule has 30 heavy (non-hydrogen) atoms. The number of ether oxygens (including phenoxy) is 1. The fourth-order valence-electron chi connectivity index (χ4n) is 3.49. The first-order valence-electron chi connectivity index (χ1n) is 9.86. The van der Waals surface area contributed by atoms with Crippen LogP contribution in [0, 0.1) is 5.92 Å². The maximum Gasteiger partial charge on any atom is 0.193 e. The first-order chi connectivity index (χ1) is 13.9. The van der Waals surface area contributed by atoms with Crippen molar-refractivity contribution in [3.63, 3.8) is 0 Å². The molecule has 2 aromatic carbocycles. The van der Waals surface area contributed by atoms with Gasteiger partial charge in [0.1, 0.15) is 17.2 Å². The van der Waals surface area contributed by atoms with Gasteiger partial charge < -0.3 is 4.74 Å². The van der Waals surface area contributed by atoms with Crippen molar-refractivity contribution in [3.05, 3.63) is 63.6 Å². The van der Waals surface area contributed by atoms with Crippen molar-refractivity contribution in [1.82, 2.24) is 4.90 Å². The minimum absolute atomic E-state index is 0.0643. The Morgan fingerprint density at radius 3 is 2.53 bits per heavy atom. The van der Waals surface area contributed by atoms with Crippen LogP contribution in [0.2, 0.25) is 10.0 Å². The number of hydrogen-bond acceptors (Lipinski definition) is 4. The minimum atomic E-state index is -3.64. The maximum atomic E-state index is 13.1. The van der Waals surface area contributed by atoms with Crippen LogP contribution in [0.1, 0.15) is 38.8 Å². The van der Waals surface area contributed by atoms with E-state index in [1.54, 1.807) is 6.07 Å². The predicted molar refractivity (Wildman–Crippen MR) is 124 cm³/mol. The van der Waals surface area contributed by atoms with E-state index in [-0.39, 0.29) is 21.4 Å². The summed E-state index contributed by atoms with van der Waals surface area (Å²) in [6, 6.07) is 10.5. The minimum Gasteiger partial charge on any atom is -0.483 e. The van der Waals surface area contributed by atoms with Crippen LogP contribution < -0.4 is 4.74 Å². The summed E-state index contributed by atoms with van der Waals surface area (Å²) in [4.78, 5) is 1.99. The Hall–Kier alpha value is -1.53. The van der Waals surface area contributed by atoms with E-state index >= 15 is 0 Å². The molecule has 3 rings (SSSR count). The summed E-state index contributed by atoms with van der Waals surface area (Å²) in [5.74, 6) is 0.999. The topological polar surface area (TPSA) is 46.6 Å². The van der Waals surface area contributed by atoms with Crippen LogP contribution in [0.15, 0.2) is 47.4 Å². The molecule has 0 bridgehead atoms. The van der Waals surface area contributed by atoms with Crippen molar-refractivity contribution in [1.29, 1.82) is 0 Å². The summed E-state index contributed by atoms with van der Waals surface area (Å²) in [7, 11) is -3.64. The molecule has 0 aliphatic carbocycles. The third-order valence-corrected chi connectivity index (χ3v) is 7.11. The second-order valence-corrected chi connectivity index (χ2v) is 11.4. The van der Waals surface area contributed by atoms with Crippen molar-refractivity contribution in [2.75, 3.05) is 12.4 Å². The highest BCUT2D eigenvalue weighted by Gasteiger charge is 2.25. The van der Waals surface area contributed by atoms with Crippen molar-refractivity contribution in [2.45, 2.75) is 44.7 Å². The van der Waals surface area contributed by atoms with Gasteiger partial charge in [0.05, 0.1) is 9.92 Å². The van der Waals surface area contributed by atoms with Gasteiger partial charge in [0, 0.05) is 23.7 Å². The molecule has 0 aromatic heterocycles. The molecule has 1 aliphatic rings. The lowest BCUT2D eigenvalue weighted by Gasteiger charge is -2.29. The predicted octanol–water partition coefficient (Wildman–Crippen LogP) is 6.07. The van der Waals surface area contributed by atoms with Gasteiger partial charge in [-0.1, -0.05) is 49.2 Å². The highest BCUT2D eigenvalue weighted by atomic mass is 35.5. The van der Waals surface area contributed by atoms with Gasteiger partial charge in [0.25, 0.3) is 0 Å². The van der Waals surface area contributed by atoms with Crippen LogP contribution in [0.4, 0.5) is 0 Å². The number of halogens is 2. The van der Waals surface area contributed by atoms with Gasteiger partial charge in [-0.3, -0.25) is 4.90 Å². The number of sulfone groups is 1. The zero-order valence-electron chi connectivity index (χ0n) is 17.7. The Balaban J connectivity index is 1.84. The molecule has 7 heteroatoms. The second kappa shape index (κ2) is 8.91. The van der Waals surface area contributed by atoms with E-state index in [2.05, 4.69) is 19.9 Å². The summed E-state index contributed by atoms with van der Waals surface area (Å²) in [6.07, 6.45) is 4.08. The zero-order valence-corrected chi connectivity index (χ0v) is 20.0. The third kappa shape index (κ3) is 5.79. The van der Waals surface area contributed by atoms with Crippen LogP contribution >= 0.6 is 23.2 Å². The molecule has 0 saturated carbocycles. The van der Waals surface area contributed by atoms with Crippen LogP contribution in [0.5, 0.6) is 5.75 Å². The number of benzene rings is 2. The molecular formula is C23H27Cl2NO3S. The monoisotopic (exact) mass is 467 g/mol. The summed E-state index contributed by atoms with van der Waals surface area (Å²) >= 11 is 12.2. The fraction of sp³-hybridized carbons (Fsp3) is 0.391. The second-order valence-electron chi connectivity index (χ2n) is 8.63. The Kier molecular flexibility index (Phi) is 6.87.